The molecule has 3 heteroatoms. The van der Waals surface area contributed by atoms with Gasteiger partial charge in [0.1, 0.15) is 5.82 Å². The molecule has 2 nitrogen and oxygen atoms in total. The molecule has 0 aromatic heterocycles. The van der Waals surface area contributed by atoms with Crippen molar-refractivity contribution in [2.45, 2.75) is 63.5 Å². The highest BCUT2D eigenvalue weighted by atomic mass is 19.1. The molecule has 1 aromatic carbocycles. The summed E-state index contributed by atoms with van der Waals surface area (Å²) in [6, 6.07) is 7.21. The fourth-order valence-electron chi connectivity index (χ4n) is 3.51. The van der Waals surface area contributed by atoms with E-state index < -0.39 is 0 Å². The molecule has 21 heavy (non-hydrogen) atoms. The third-order valence-electron chi connectivity index (χ3n) is 4.71. The van der Waals surface area contributed by atoms with Crippen LogP contribution in [0, 0.1) is 5.82 Å². The van der Waals surface area contributed by atoms with Crippen LogP contribution < -0.4 is 5.32 Å². The van der Waals surface area contributed by atoms with E-state index in [1.165, 1.54) is 25.3 Å². The smallest absolute Gasteiger partial charge is 0.123 e. The third kappa shape index (κ3) is 4.27. The molecule has 1 aliphatic rings. The Kier molecular flexibility index (Phi) is 6.19. The molecule has 0 saturated heterocycles. The van der Waals surface area contributed by atoms with Gasteiger partial charge in [0.05, 0.1) is 5.60 Å². The first-order valence-electron chi connectivity index (χ1n) is 8.23. The zero-order chi connectivity index (χ0) is 15.1. The van der Waals surface area contributed by atoms with E-state index in [2.05, 4.69) is 12.2 Å². The van der Waals surface area contributed by atoms with Gasteiger partial charge >= 0.3 is 0 Å². The lowest BCUT2D eigenvalue weighted by molar-refractivity contribution is -0.0672. The van der Waals surface area contributed by atoms with Gasteiger partial charge in [-0.15, -0.1) is 0 Å². The van der Waals surface area contributed by atoms with Gasteiger partial charge in [0.15, 0.2) is 0 Å². The molecule has 118 valence electrons. The van der Waals surface area contributed by atoms with E-state index in [0.717, 1.165) is 37.8 Å². The second-order valence-corrected chi connectivity index (χ2v) is 6.17. The molecule has 2 rings (SSSR count). The average Bonchev–Trinajstić information content (AvgIpc) is 2.52. The largest absolute Gasteiger partial charge is 0.377 e. The fraction of sp³-hybridized carbons (Fsp3) is 0.667. The molecular weight excluding hydrogens is 265 g/mol. The number of halogens is 1. The molecular formula is C18H28FNO. The molecule has 0 heterocycles. The van der Waals surface area contributed by atoms with Gasteiger partial charge in [-0.2, -0.15) is 0 Å². The second kappa shape index (κ2) is 7.90. The molecule has 1 aliphatic carbocycles. The number of ether oxygens (including phenoxy) is 1. The van der Waals surface area contributed by atoms with Gasteiger partial charge in [0, 0.05) is 13.2 Å². The Morgan fingerprint density at radius 2 is 2.05 bits per heavy atom. The van der Waals surface area contributed by atoms with E-state index >= 15 is 0 Å². The molecule has 0 bridgehead atoms. The van der Waals surface area contributed by atoms with Crippen LogP contribution in [0.5, 0.6) is 0 Å². The molecule has 1 aromatic rings. The Balaban J connectivity index is 2.16. The number of hydrogen-bond acceptors (Lipinski definition) is 2. The molecule has 1 N–H and O–H groups in total. The van der Waals surface area contributed by atoms with Gasteiger partial charge in [0.2, 0.25) is 0 Å². The van der Waals surface area contributed by atoms with Crippen LogP contribution in [0.3, 0.4) is 0 Å². The summed E-state index contributed by atoms with van der Waals surface area (Å²) in [7, 11) is 1.83. The van der Waals surface area contributed by atoms with Crippen molar-refractivity contribution in [2.24, 2.45) is 0 Å². The Labute approximate surface area is 128 Å². The molecule has 0 radical (unpaired) electrons. The van der Waals surface area contributed by atoms with Crippen LogP contribution in [0.25, 0.3) is 0 Å². The van der Waals surface area contributed by atoms with Crippen LogP contribution in [0.2, 0.25) is 0 Å². The van der Waals surface area contributed by atoms with Crippen LogP contribution in [0.15, 0.2) is 24.3 Å². The van der Waals surface area contributed by atoms with Crippen LogP contribution in [-0.2, 0) is 11.2 Å². The summed E-state index contributed by atoms with van der Waals surface area (Å²) in [6.07, 6.45) is 7.86. The van der Waals surface area contributed by atoms with Crippen molar-refractivity contribution in [3.8, 4) is 0 Å². The van der Waals surface area contributed by atoms with Crippen LogP contribution in [-0.4, -0.2) is 25.3 Å². The van der Waals surface area contributed by atoms with Crippen molar-refractivity contribution < 1.29 is 9.13 Å². The summed E-state index contributed by atoms with van der Waals surface area (Å²) in [6.45, 7) is 3.15. The first-order valence-corrected chi connectivity index (χ1v) is 8.23. The third-order valence-corrected chi connectivity index (χ3v) is 4.71. The van der Waals surface area contributed by atoms with Crippen molar-refractivity contribution in [3.63, 3.8) is 0 Å². The lowest BCUT2D eigenvalue weighted by Crippen LogP contribution is -2.54. The minimum atomic E-state index is -0.156. The predicted molar refractivity (Wildman–Crippen MR) is 85.0 cm³/mol. The number of hydrogen-bond donors (Lipinski definition) is 1. The summed E-state index contributed by atoms with van der Waals surface area (Å²) in [5, 5.41) is 3.65. The number of rotatable bonds is 7. The molecule has 1 unspecified atom stereocenters. The first-order chi connectivity index (χ1) is 10.2. The SMILES string of the molecule is CCCNC(Cc1cccc(F)c1)C1(OC)CCCCC1. The monoisotopic (exact) mass is 293 g/mol. The van der Waals surface area contributed by atoms with Gasteiger partial charge in [-0.05, 0) is 49.9 Å². The van der Waals surface area contributed by atoms with Crippen molar-refractivity contribution >= 4 is 0 Å². The number of methoxy groups -OCH3 is 1. The summed E-state index contributed by atoms with van der Waals surface area (Å²) in [5.74, 6) is -0.156. The Hall–Kier alpha value is -0.930. The minimum Gasteiger partial charge on any atom is -0.377 e. The summed E-state index contributed by atoms with van der Waals surface area (Å²) in [4.78, 5) is 0. The van der Waals surface area contributed by atoms with Gasteiger partial charge in [0.25, 0.3) is 0 Å². The maximum Gasteiger partial charge on any atom is 0.123 e. The molecule has 0 spiro atoms. The van der Waals surface area contributed by atoms with Crippen molar-refractivity contribution in [1.82, 2.24) is 5.32 Å². The maximum absolute atomic E-state index is 13.4. The highest BCUT2D eigenvalue weighted by Gasteiger charge is 2.39. The molecule has 0 amide bonds. The van der Waals surface area contributed by atoms with E-state index in [1.807, 2.05) is 13.2 Å². The van der Waals surface area contributed by atoms with Crippen LogP contribution in [0.4, 0.5) is 4.39 Å². The van der Waals surface area contributed by atoms with E-state index in [9.17, 15) is 4.39 Å². The second-order valence-electron chi connectivity index (χ2n) is 6.17. The minimum absolute atomic E-state index is 0.0975. The van der Waals surface area contributed by atoms with E-state index in [1.54, 1.807) is 12.1 Å². The van der Waals surface area contributed by atoms with E-state index in [-0.39, 0.29) is 17.5 Å². The van der Waals surface area contributed by atoms with Gasteiger partial charge in [-0.1, -0.05) is 38.3 Å². The quantitative estimate of drug-likeness (QED) is 0.817. The Morgan fingerprint density at radius 3 is 2.67 bits per heavy atom. The molecule has 1 saturated carbocycles. The van der Waals surface area contributed by atoms with Crippen LogP contribution >= 0.6 is 0 Å². The Morgan fingerprint density at radius 1 is 1.29 bits per heavy atom. The van der Waals surface area contributed by atoms with Gasteiger partial charge < -0.3 is 10.1 Å². The van der Waals surface area contributed by atoms with Crippen molar-refractivity contribution in [2.75, 3.05) is 13.7 Å². The first kappa shape index (κ1) is 16.4. The lowest BCUT2D eigenvalue weighted by Gasteiger charge is -2.43. The van der Waals surface area contributed by atoms with Crippen molar-refractivity contribution in [1.29, 1.82) is 0 Å². The maximum atomic E-state index is 13.4. The normalized spacial score (nSPS) is 19.4. The van der Waals surface area contributed by atoms with Crippen molar-refractivity contribution in [3.05, 3.63) is 35.6 Å². The van der Waals surface area contributed by atoms with E-state index in [0.29, 0.717) is 0 Å². The van der Waals surface area contributed by atoms with E-state index in [4.69, 9.17) is 4.74 Å². The molecule has 0 aliphatic heterocycles. The Bertz CT molecular complexity index is 429. The standard InChI is InChI=1S/C18H28FNO/c1-3-12-20-17(14-15-8-7-9-16(19)13-15)18(21-2)10-5-4-6-11-18/h7-9,13,17,20H,3-6,10-12,14H2,1-2H3. The zero-order valence-electron chi connectivity index (χ0n) is 13.3. The van der Waals surface area contributed by atoms with Gasteiger partial charge in [-0.3, -0.25) is 0 Å². The summed E-state index contributed by atoms with van der Waals surface area (Å²) < 4.78 is 19.4. The van der Waals surface area contributed by atoms with Gasteiger partial charge in [-0.25, -0.2) is 4.39 Å². The average molecular weight is 293 g/mol. The zero-order valence-corrected chi connectivity index (χ0v) is 13.3. The fourth-order valence-corrected chi connectivity index (χ4v) is 3.51. The molecule has 1 atom stereocenters. The topological polar surface area (TPSA) is 21.3 Å². The predicted octanol–water partition coefficient (Wildman–Crippen LogP) is 4.09. The van der Waals surface area contributed by atoms with Crippen LogP contribution in [0.1, 0.15) is 51.0 Å². The summed E-state index contributed by atoms with van der Waals surface area (Å²) in [5.41, 5.74) is 0.949. The number of nitrogens with one attached hydrogen (secondary N) is 1. The highest BCUT2D eigenvalue weighted by Crippen LogP contribution is 2.35. The summed E-state index contributed by atoms with van der Waals surface area (Å²) >= 11 is 0. The molecule has 1 fully saturated rings. The highest BCUT2D eigenvalue weighted by molar-refractivity contribution is 5.19. The number of benzene rings is 1. The lowest BCUT2D eigenvalue weighted by atomic mass is 9.77.